The van der Waals surface area contributed by atoms with Crippen LogP contribution in [0, 0.1) is 5.41 Å². The molecule has 0 radical (unpaired) electrons. The Hall–Kier alpha value is -3.41. The summed E-state index contributed by atoms with van der Waals surface area (Å²) in [5, 5.41) is 6.77. The Bertz CT molecular complexity index is 1050. The van der Waals surface area contributed by atoms with Gasteiger partial charge < -0.3 is 15.4 Å². The van der Waals surface area contributed by atoms with Gasteiger partial charge in [-0.15, -0.1) is 0 Å². The van der Waals surface area contributed by atoms with Gasteiger partial charge in [0.25, 0.3) is 0 Å². The molecule has 1 fully saturated rings. The topological polar surface area (TPSA) is 80.3 Å². The number of aromatic nitrogens is 1. The van der Waals surface area contributed by atoms with Crippen molar-refractivity contribution in [3.8, 4) is 5.75 Å². The van der Waals surface area contributed by atoms with Crippen LogP contribution in [-0.2, 0) is 16.0 Å². The van der Waals surface area contributed by atoms with Gasteiger partial charge in [0.15, 0.2) is 0 Å². The van der Waals surface area contributed by atoms with Crippen LogP contribution in [0.25, 0.3) is 10.9 Å². The summed E-state index contributed by atoms with van der Waals surface area (Å²) < 4.78 is 5.34. The monoisotopic (exact) mass is 389 g/mol. The summed E-state index contributed by atoms with van der Waals surface area (Å²) in [6.07, 6.45) is 3.44. The maximum atomic E-state index is 12.9. The molecule has 1 aromatic heterocycles. The molecule has 0 unspecified atom stereocenters. The molecule has 2 N–H and O–H groups in total. The highest BCUT2D eigenvalue weighted by molar-refractivity contribution is 6.14. The first-order valence-electron chi connectivity index (χ1n) is 9.69. The van der Waals surface area contributed by atoms with E-state index in [0.29, 0.717) is 31.5 Å². The van der Waals surface area contributed by atoms with E-state index in [0.717, 1.165) is 22.2 Å². The van der Waals surface area contributed by atoms with E-state index in [1.807, 2.05) is 54.6 Å². The molecule has 2 aromatic carbocycles. The van der Waals surface area contributed by atoms with E-state index in [-0.39, 0.29) is 11.8 Å². The molecule has 0 spiro atoms. The highest BCUT2D eigenvalue weighted by Crippen LogP contribution is 2.47. The van der Waals surface area contributed by atoms with Crippen molar-refractivity contribution in [2.45, 2.75) is 19.3 Å². The van der Waals surface area contributed by atoms with Gasteiger partial charge in [-0.3, -0.25) is 14.6 Å². The van der Waals surface area contributed by atoms with Gasteiger partial charge in [0, 0.05) is 18.1 Å². The molecule has 29 heavy (non-hydrogen) atoms. The van der Waals surface area contributed by atoms with E-state index in [1.54, 1.807) is 13.3 Å². The molecule has 2 amide bonds. The van der Waals surface area contributed by atoms with Crippen LogP contribution >= 0.6 is 0 Å². The first-order valence-corrected chi connectivity index (χ1v) is 9.69. The fourth-order valence-corrected chi connectivity index (χ4v) is 3.52. The van der Waals surface area contributed by atoms with E-state index in [9.17, 15) is 9.59 Å². The zero-order valence-electron chi connectivity index (χ0n) is 16.3. The summed E-state index contributed by atoms with van der Waals surface area (Å²) in [6.45, 7) is 0.448. The predicted octanol–water partition coefficient (Wildman–Crippen LogP) is 3.32. The predicted molar refractivity (Wildman–Crippen MR) is 112 cm³/mol. The molecule has 1 aliphatic carbocycles. The second-order valence-electron chi connectivity index (χ2n) is 7.23. The summed E-state index contributed by atoms with van der Waals surface area (Å²) >= 11 is 0. The van der Waals surface area contributed by atoms with Crippen molar-refractivity contribution in [1.29, 1.82) is 0 Å². The van der Waals surface area contributed by atoms with Crippen LogP contribution in [0.1, 0.15) is 18.4 Å². The lowest BCUT2D eigenvalue weighted by Crippen LogP contribution is -2.40. The maximum absolute atomic E-state index is 12.9. The van der Waals surface area contributed by atoms with Crippen LogP contribution in [0.15, 0.2) is 60.8 Å². The van der Waals surface area contributed by atoms with Gasteiger partial charge in [-0.25, -0.2) is 0 Å². The molecule has 0 bridgehead atoms. The highest BCUT2D eigenvalue weighted by Gasteiger charge is 2.56. The number of nitrogens with one attached hydrogen (secondary N) is 2. The number of anilines is 1. The van der Waals surface area contributed by atoms with Gasteiger partial charge in [-0.2, -0.15) is 0 Å². The third-order valence-corrected chi connectivity index (χ3v) is 5.37. The fraction of sp³-hybridized carbons (Fsp3) is 0.261. The second kappa shape index (κ2) is 7.91. The number of carbonyl (C=O) groups is 2. The molecular weight excluding hydrogens is 366 g/mol. The van der Waals surface area contributed by atoms with Gasteiger partial charge in [-0.1, -0.05) is 36.4 Å². The van der Waals surface area contributed by atoms with Crippen molar-refractivity contribution < 1.29 is 14.3 Å². The maximum Gasteiger partial charge on any atom is 0.240 e. The third kappa shape index (κ3) is 3.78. The van der Waals surface area contributed by atoms with Crippen molar-refractivity contribution in [2.24, 2.45) is 5.41 Å². The number of benzene rings is 2. The average molecular weight is 389 g/mol. The van der Waals surface area contributed by atoms with Crippen LogP contribution in [-0.4, -0.2) is 30.5 Å². The summed E-state index contributed by atoms with van der Waals surface area (Å²) in [4.78, 5) is 30.0. The molecular formula is C23H23N3O3. The van der Waals surface area contributed by atoms with Crippen molar-refractivity contribution in [3.63, 3.8) is 0 Å². The summed E-state index contributed by atoms with van der Waals surface area (Å²) in [6, 6.07) is 17.1. The number of carbonyl (C=O) groups excluding carboxylic acids is 2. The number of rotatable bonds is 7. The van der Waals surface area contributed by atoms with E-state index in [1.165, 1.54) is 0 Å². The highest BCUT2D eigenvalue weighted by atomic mass is 16.5. The van der Waals surface area contributed by atoms with Crippen LogP contribution in [0.4, 0.5) is 5.69 Å². The Morgan fingerprint density at radius 2 is 1.83 bits per heavy atom. The first-order chi connectivity index (χ1) is 14.1. The van der Waals surface area contributed by atoms with E-state index < -0.39 is 5.41 Å². The van der Waals surface area contributed by atoms with Crippen molar-refractivity contribution in [2.75, 3.05) is 19.0 Å². The first kappa shape index (κ1) is 18.9. The Kier molecular flexibility index (Phi) is 5.16. The number of hydrogen-bond donors (Lipinski definition) is 2. The molecule has 0 atom stereocenters. The zero-order valence-corrected chi connectivity index (χ0v) is 16.3. The molecule has 1 saturated carbocycles. The molecule has 148 valence electrons. The number of para-hydroxylation sites is 2. The number of pyridine rings is 1. The zero-order chi connectivity index (χ0) is 20.3. The molecule has 6 nitrogen and oxygen atoms in total. The van der Waals surface area contributed by atoms with E-state index in [4.69, 9.17) is 4.74 Å². The van der Waals surface area contributed by atoms with Crippen molar-refractivity contribution in [1.82, 2.24) is 10.3 Å². The van der Waals surface area contributed by atoms with Gasteiger partial charge in [0.05, 0.1) is 18.3 Å². The van der Waals surface area contributed by atoms with Gasteiger partial charge in [-0.05, 0) is 43.0 Å². The Balaban J connectivity index is 1.40. The van der Waals surface area contributed by atoms with Gasteiger partial charge in [0.1, 0.15) is 11.2 Å². The minimum atomic E-state index is -0.988. The van der Waals surface area contributed by atoms with E-state index in [2.05, 4.69) is 15.6 Å². The number of nitrogens with zero attached hydrogens (tertiary/aromatic N) is 1. The SMILES string of the molecule is COc1ccccc1CCNC(=O)C1(C(=O)Nc2cccc3cccnc23)CC1. The number of fused-ring (bicyclic) bond motifs is 1. The van der Waals surface area contributed by atoms with Crippen molar-refractivity contribution >= 4 is 28.4 Å². The second-order valence-corrected chi connectivity index (χ2v) is 7.23. The molecule has 1 heterocycles. The Morgan fingerprint density at radius 3 is 2.62 bits per heavy atom. The normalized spacial score (nSPS) is 14.2. The summed E-state index contributed by atoms with van der Waals surface area (Å²) in [7, 11) is 1.63. The number of ether oxygens (including phenoxy) is 1. The Labute approximate surface area is 169 Å². The van der Waals surface area contributed by atoms with Crippen LogP contribution in [0.5, 0.6) is 5.75 Å². The number of hydrogen-bond acceptors (Lipinski definition) is 4. The Morgan fingerprint density at radius 1 is 1.03 bits per heavy atom. The quantitative estimate of drug-likeness (QED) is 0.608. The lowest BCUT2D eigenvalue weighted by atomic mass is 10.0. The number of methoxy groups -OCH3 is 1. The van der Waals surface area contributed by atoms with Crippen molar-refractivity contribution in [3.05, 3.63) is 66.4 Å². The minimum absolute atomic E-state index is 0.224. The molecule has 4 rings (SSSR count). The van der Waals surface area contributed by atoms with Crippen LogP contribution in [0.2, 0.25) is 0 Å². The fourth-order valence-electron chi connectivity index (χ4n) is 3.52. The number of amides is 2. The average Bonchev–Trinajstić information content (AvgIpc) is 3.56. The largest absolute Gasteiger partial charge is 0.496 e. The van der Waals surface area contributed by atoms with Gasteiger partial charge in [0.2, 0.25) is 11.8 Å². The lowest BCUT2D eigenvalue weighted by molar-refractivity contribution is -0.134. The minimum Gasteiger partial charge on any atom is -0.496 e. The molecule has 1 aliphatic rings. The molecule has 3 aromatic rings. The summed E-state index contributed by atoms with van der Waals surface area (Å²) in [5.41, 5.74) is 1.38. The van der Waals surface area contributed by atoms with E-state index >= 15 is 0 Å². The smallest absolute Gasteiger partial charge is 0.240 e. The van der Waals surface area contributed by atoms with Crippen LogP contribution < -0.4 is 15.4 Å². The van der Waals surface area contributed by atoms with Gasteiger partial charge >= 0.3 is 0 Å². The third-order valence-electron chi connectivity index (χ3n) is 5.37. The molecule has 0 saturated heterocycles. The lowest BCUT2D eigenvalue weighted by Gasteiger charge is -2.16. The molecule has 6 heteroatoms. The molecule has 0 aliphatic heterocycles. The standard InChI is InChI=1S/C23H23N3O3/c1-29-19-10-3-2-6-16(19)11-15-25-21(27)23(12-13-23)22(28)26-18-9-4-7-17-8-5-14-24-20(17)18/h2-10,14H,11-13,15H2,1H3,(H,25,27)(H,26,28). The van der Waals surface area contributed by atoms with Crippen LogP contribution in [0.3, 0.4) is 0 Å². The summed E-state index contributed by atoms with van der Waals surface area (Å²) in [5.74, 6) is 0.299.